The van der Waals surface area contributed by atoms with Crippen molar-refractivity contribution in [3.63, 3.8) is 0 Å². The van der Waals surface area contributed by atoms with Crippen LogP contribution < -0.4 is 0 Å². The molecule has 0 aliphatic carbocycles. The molecule has 30 valence electrons. The summed E-state index contributed by atoms with van der Waals surface area (Å²) in [4.78, 5) is 0. The van der Waals surface area contributed by atoms with Crippen LogP contribution in [-0.2, 0) is 16.1 Å². The molecule has 0 aromatic carbocycles. The summed E-state index contributed by atoms with van der Waals surface area (Å²) < 4.78 is 13.0. The lowest BCUT2D eigenvalue weighted by atomic mass is 11.8. The minimum Gasteiger partial charge on any atom is -0.296 e. The van der Waals surface area contributed by atoms with E-state index in [1.165, 1.54) is 7.11 Å². The second kappa shape index (κ2) is 8.86. The van der Waals surface area contributed by atoms with Crippen molar-refractivity contribution in [2.45, 2.75) is 0 Å². The van der Waals surface area contributed by atoms with Crippen molar-refractivity contribution >= 4 is 35.0 Å². The highest BCUT2D eigenvalue weighted by Crippen LogP contribution is 1.42. The van der Waals surface area contributed by atoms with Gasteiger partial charge in [0.05, 0.1) is 7.11 Å². The van der Waals surface area contributed by atoms with Crippen molar-refractivity contribution in [2.24, 2.45) is 0 Å². The molecule has 0 amide bonds. The first kappa shape index (κ1) is 9.30. The van der Waals surface area contributed by atoms with Gasteiger partial charge in [0, 0.05) is 0 Å². The van der Waals surface area contributed by atoms with E-state index in [2.05, 4.69) is 4.18 Å². The summed E-state index contributed by atoms with van der Waals surface area (Å²) >= 11 is -0.252. The van der Waals surface area contributed by atoms with Crippen molar-refractivity contribution in [1.82, 2.24) is 0 Å². The zero-order valence-electron chi connectivity index (χ0n) is 2.26. The summed E-state index contributed by atoms with van der Waals surface area (Å²) in [6.45, 7) is 0. The SMILES string of the molecule is CO[SH]=O.[MgH2]. The van der Waals surface area contributed by atoms with Crippen molar-refractivity contribution < 1.29 is 8.39 Å². The molecule has 5 heavy (non-hydrogen) atoms. The third-order valence-electron chi connectivity index (χ3n) is 0.0745. The van der Waals surface area contributed by atoms with Gasteiger partial charge in [0.15, 0.2) is 0 Å². The van der Waals surface area contributed by atoms with E-state index >= 15 is 0 Å². The Morgan fingerprint density at radius 2 is 2.00 bits per heavy atom. The van der Waals surface area contributed by atoms with Gasteiger partial charge in [0.2, 0.25) is 0 Å². The molecule has 0 aliphatic rings. The van der Waals surface area contributed by atoms with Crippen LogP contribution in [0, 0.1) is 0 Å². The van der Waals surface area contributed by atoms with Crippen LogP contribution in [0.1, 0.15) is 0 Å². The summed E-state index contributed by atoms with van der Waals surface area (Å²) in [5.74, 6) is 0. The average molecular weight is 106 g/mol. The lowest BCUT2D eigenvalue weighted by Crippen LogP contribution is -1.61. The van der Waals surface area contributed by atoms with Gasteiger partial charge < -0.3 is 0 Å². The van der Waals surface area contributed by atoms with Crippen LogP contribution in [0.2, 0.25) is 0 Å². The summed E-state index contributed by atoms with van der Waals surface area (Å²) in [5, 5.41) is 0. The molecule has 0 bridgehead atoms. The fourth-order valence-electron chi connectivity index (χ4n) is 0. The van der Waals surface area contributed by atoms with E-state index in [0.717, 1.165) is 0 Å². The predicted molar refractivity (Wildman–Crippen MR) is 25.1 cm³/mol. The van der Waals surface area contributed by atoms with Crippen molar-refractivity contribution in [3.8, 4) is 0 Å². The lowest BCUT2D eigenvalue weighted by Gasteiger charge is -1.61. The van der Waals surface area contributed by atoms with Crippen molar-refractivity contribution in [2.75, 3.05) is 7.11 Å². The molecule has 0 heterocycles. The van der Waals surface area contributed by atoms with Crippen LogP contribution >= 0.6 is 0 Å². The Bertz CT molecular complexity index is 23.6. The minimum absolute atomic E-state index is 0. The van der Waals surface area contributed by atoms with E-state index < -0.39 is 0 Å². The molecular formula is CH6MgO2S. The van der Waals surface area contributed by atoms with Crippen LogP contribution in [0.15, 0.2) is 0 Å². The minimum atomic E-state index is -0.252. The van der Waals surface area contributed by atoms with Crippen LogP contribution in [0.5, 0.6) is 0 Å². The second-order valence-electron chi connectivity index (χ2n) is 0.257. The zero-order valence-corrected chi connectivity index (χ0v) is 3.16. The van der Waals surface area contributed by atoms with Crippen LogP contribution in [0.25, 0.3) is 0 Å². The van der Waals surface area contributed by atoms with E-state index in [1.54, 1.807) is 0 Å². The van der Waals surface area contributed by atoms with Crippen molar-refractivity contribution in [3.05, 3.63) is 0 Å². The Morgan fingerprint density at radius 3 is 2.00 bits per heavy atom. The van der Waals surface area contributed by atoms with Crippen molar-refractivity contribution in [1.29, 1.82) is 0 Å². The average Bonchev–Trinajstić information content (AvgIpc) is 1.37. The molecule has 0 aromatic rings. The van der Waals surface area contributed by atoms with Gasteiger partial charge in [-0.3, -0.25) is 4.18 Å². The summed E-state index contributed by atoms with van der Waals surface area (Å²) in [6, 6.07) is 0. The largest absolute Gasteiger partial charge is 0.316 e. The van der Waals surface area contributed by atoms with E-state index in [1.807, 2.05) is 0 Å². The van der Waals surface area contributed by atoms with Gasteiger partial charge in [-0.05, 0) is 0 Å². The molecule has 2 nitrogen and oxygen atoms in total. The van der Waals surface area contributed by atoms with E-state index in [4.69, 9.17) is 4.21 Å². The highest BCUT2D eigenvalue weighted by molar-refractivity contribution is 7.60. The molecule has 0 atom stereocenters. The molecule has 0 unspecified atom stereocenters. The summed E-state index contributed by atoms with van der Waals surface area (Å²) in [5.41, 5.74) is 0. The van der Waals surface area contributed by atoms with Crippen LogP contribution in [0.3, 0.4) is 0 Å². The molecule has 4 heteroatoms. The fourth-order valence-corrected chi connectivity index (χ4v) is 0. The third-order valence-corrected chi connectivity index (χ3v) is 0.224. The first-order valence-electron chi connectivity index (χ1n) is 0.773. The Kier molecular flexibility index (Phi) is 16.5. The molecular weight excluding hydrogens is 100 g/mol. The quantitative estimate of drug-likeness (QED) is 0.328. The van der Waals surface area contributed by atoms with Gasteiger partial charge in [-0.25, -0.2) is 4.21 Å². The Balaban J connectivity index is 0. The molecule has 0 saturated carbocycles. The van der Waals surface area contributed by atoms with Gasteiger partial charge in [-0.15, -0.1) is 0 Å². The predicted octanol–water partition coefficient (Wildman–Crippen LogP) is -1.42. The molecule has 0 aliphatic heterocycles. The van der Waals surface area contributed by atoms with Crippen LogP contribution in [-0.4, -0.2) is 34.4 Å². The smallest absolute Gasteiger partial charge is 0.296 e. The van der Waals surface area contributed by atoms with Crippen LogP contribution in [0.4, 0.5) is 0 Å². The maximum absolute atomic E-state index is 9.05. The van der Waals surface area contributed by atoms with Gasteiger partial charge >= 0.3 is 23.1 Å². The number of hydrogen-bond acceptors (Lipinski definition) is 2. The zero-order chi connectivity index (χ0) is 3.41. The topological polar surface area (TPSA) is 26.3 Å². The van der Waals surface area contributed by atoms with Gasteiger partial charge in [0.25, 0.3) is 0 Å². The number of rotatable bonds is 1. The number of hydrogen-bond donors (Lipinski definition) is 1. The highest BCUT2D eigenvalue weighted by Gasteiger charge is 1.44. The third kappa shape index (κ3) is 11.5. The van der Waals surface area contributed by atoms with E-state index in [-0.39, 0.29) is 35.0 Å². The Morgan fingerprint density at radius 1 is 1.80 bits per heavy atom. The normalized spacial score (nSPS) is 5.80. The van der Waals surface area contributed by atoms with E-state index in [0.29, 0.717) is 0 Å². The lowest BCUT2D eigenvalue weighted by molar-refractivity contribution is 0.461. The molecule has 0 spiro atoms. The van der Waals surface area contributed by atoms with Gasteiger partial charge in [0.1, 0.15) is 11.9 Å². The summed E-state index contributed by atoms with van der Waals surface area (Å²) in [7, 11) is 1.36. The van der Waals surface area contributed by atoms with Gasteiger partial charge in [-0.2, -0.15) is 0 Å². The number of thiol groups is 1. The molecule has 0 N–H and O–H groups in total. The van der Waals surface area contributed by atoms with Gasteiger partial charge in [-0.1, -0.05) is 0 Å². The monoisotopic (exact) mass is 106 g/mol. The molecule has 0 saturated heterocycles. The first-order valence-corrected chi connectivity index (χ1v) is 1.50. The standard InChI is InChI=1S/CH4O2S.Mg.2H/c1-3-4-2;;;/h4H,1H3;;;. The molecule has 0 fully saturated rings. The fraction of sp³-hybridized carbons (Fsp3) is 1.00. The molecule has 0 radical (unpaired) electrons. The Hall–Kier alpha value is 0.876. The molecule has 0 rings (SSSR count). The summed E-state index contributed by atoms with van der Waals surface area (Å²) in [6.07, 6.45) is 0. The maximum Gasteiger partial charge on any atom is 0.316 e. The van der Waals surface area contributed by atoms with E-state index in [9.17, 15) is 0 Å². The maximum atomic E-state index is 9.05. The Labute approximate surface area is 50.7 Å². The highest BCUT2D eigenvalue weighted by atomic mass is 32.2. The first-order chi connectivity index (χ1) is 1.91. The molecule has 0 aromatic heterocycles. The second-order valence-corrected chi connectivity index (χ2v) is 0.771.